The summed E-state index contributed by atoms with van der Waals surface area (Å²) in [7, 11) is -4.47. The summed E-state index contributed by atoms with van der Waals surface area (Å²) in [6.07, 6.45) is 26.6. The third kappa shape index (κ3) is 74.5. The van der Waals surface area contributed by atoms with Crippen LogP contribution in [0.1, 0.15) is 142 Å². The molecule has 0 atom stereocenters. The van der Waals surface area contributed by atoms with Gasteiger partial charge >= 0.3 is 29.6 Å². The quantitative estimate of drug-likeness (QED) is 0.0413. The summed E-state index contributed by atoms with van der Waals surface area (Å²) in [6.45, 7) is 19.1. The molecule has 0 heterocycles. The van der Waals surface area contributed by atoms with E-state index in [1.165, 1.54) is 116 Å². The third-order valence-electron chi connectivity index (χ3n) is 11.4. The Bertz CT molecular complexity index is 1040. The Kier molecular flexibility index (Phi) is 76.0. The molecule has 0 spiro atoms. The molecule has 20 nitrogen and oxygen atoms in total. The minimum absolute atomic E-state index is 0. The van der Waals surface area contributed by atoms with E-state index in [4.69, 9.17) is 84.8 Å². The van der Waals surface area contributed by atoms with Crippen molar-refractivity contribution < 1.29 is 124 Å². The number of hydrogen-bond donors (Lipinski definition) is 0. The van der Waals surface area contributed by atoms with E-state index in [-0.39, 0.29) is 69.2 Å². The van der Waals surface area contributed by atoms with Crippen molar-refractivity contribution in [3.8, 4) is 0 Å². The normalized spacial score (nSPS) is 11.8. The molecule has 22 heteroatoms. The van der Waals surface area contributed by atoms with Crippen LogP contribution in [-0.4, -0.2) is 225 Å². The standard InChI is InChI=1S/C56H115O20P.Na/c1-3-5-7-9-11-13-15-17-19-21-23-59-25-27-61-29-31-63-33-35-65-37-39-67-41-43-69-45-47-71-49-51-73-53-55-75-77(57,58)76-56-54-74-52-50-72-48-46-70-44-42-68-40-38-66-36-34-64-32-30-62-28-26-60-24-22-20-18-16-14-12-10-8-6-4-2;/h3-56H2,1-2H3,(H,57,58);/q;+1/p-1. The molecule has 0 aliphatic rings. The maximum Gasteiger partial charge on any atom is 1.00 e. The SMILES string of the molecule is CCCCCCCCCCCCOCCOCCOCCOCCOCCOCCOCCOCCOP(=O)([O-])OCCOCCOCCOCCOCCOCCOCCOCCOCCCCCCCCCCCC.[Na+]. The fourth-order valence-electron chi connectivity index (χ4n) is 7.12. The van der Waals surface area contributed by atoms with E-state index in [1.807, 2.05) is 0 Å². The number of phosphoric acid groups is 1. The van der Waals surface area contributed by atoms with E-state index in [9.17, 15) is 9.46 Å². The van der Waals surface area contributed by atoms with Crippen LogP contribution in [0, 0.1) is 0 Å². The first-order chi connectivity index (χ1) is 38.1. The summed E-state index contributed by atoms with van der Waals surface area (Å²) in [5.41, 5.74) is 0. The van der Waals surface area contributed by atoms with Crippen molar-refractivity contribution in [2.24, 2.45) is 0 Å². The first kappa shape index (κ1) is 80.5. The molecule has 0 fully saturated rings. The molecule has 0 aromatic heterocycles. The Hall–Kier alpha value is 0.470. The van der Waals surface area contributed by atoms with Crippen molar-refractivity contribution in [2.45, 2.75) is 142 Å². The molecule has 0 saturated carbocycles. The van der Waals surface area contributed by atoms with Gasteiger partial charge in [0.25, 0.3) is 7.82 Å². The van der Waals surface area contributed by atoms with Crippen LogP contribution in [0.4, 0.5) is 0 Å². The monoisotopic (exact) mass is 1160 g/mol. The first-order valence-electron chi connectivity index (χ1n) is 30.0. The Morgan fingerprint density at radius 1 is 0.205 bits per heavy atom. The summed E-state index contributed by atoms with van der Waals surface area (Å²) < 4.78 is 110. The van der Waals surface area contributed by atoms with E-state index in [1.54, 1.807) is 0 Å². The van der Waals surface area contributed by atoms with Crippen molar-refractivity contribution in [1.82, 2.24) is 0 Å². The molecule has 0 rings (SSSR count). The fourth-order valence-corrected chi connectivity index (χ4v) is 7.79. The zero-order valence-corrected chi connectivity index (χ0v) is 52.7. The van der Waals surface area contributed by atoms with E-state index < -0.39 is 7.82 Å². The van der Waals surface area contributed by atoms with Gasteiger partial charge in [0.15, 0.2) is 0 Å². The number of phosphoric ester groups is 1. The van der Waals surface area contributed by atoms with Gasteiger partial charge in [-0.1, -0.05) is 129 Å². The summed E-state index contributed by atoms with van der Waals surface area (Å²) in [6, 6.07) is 0. The average Bonchev–Trinajstić information content (AvgIpc) is 3.43. The van der Waals surface area contributed by atoms with Gasteiger partial charge in [-0.2, -0.15) is 0 Å². The van der Waals surface area contributed by atoms with Crippen molar-refractivity contribution in [2.75, 3.05) is 225 Å². The Balaban J connectivity index is 0. The zero-order chi connectivity index (χ0) is 55.4. The van der Waals surface area contributed by atoms with Crippen LogP contribution in [0.15, 0.2) is 0 Å². The van der Waals surface area contributed by atoms with Crippen LogP contribution in [0.3, 0.4) is 0 Å². The van der Waals surface area contributed by atoms with Gasteiger partial charge in [-0.3, -0.25) is 4.57 Å². The predicted molar refractivity (Wildman–Crippen MR) is 296 cm³/mol. The van der Waals surface area contributed by atoms with Crippen LogP contribution in [-0.2, 0) is 89.4 Å². The summed E-state index contributed by atoms with van der Waals surface area (Å²) in [5, 5.41) is 0. The number of rotatable bonds is 72. The van der Waals surface area contributed by atoms with Gasteiger partial charge in [0, 0.05) is 13.2 Å². The Morgan fingerprint density at radius 3 is 0.500 bits per heavy atom. The zero-order valence-electron chi connectivity index (χ0n) is 49.8. The minimum atomic E-state index is -4.47. The topological polar surface area (TPSA) is 206 Å². The van der Waals surface area contributed by atoms with Crippen molar-refractivity contribution >= 4 is 7.82 Å². The molecular formula is C56H114NaO20P. The number of hydrogen-bond acceptors (Lipinski definition) is 20. The van der Waals surface area contributed by atoms with Gasteiger partial charge < -0.3 is 89.7 Å². The maximum absolute atomic E-state index is 11.9. The van der Waals surface area contributed by atoms with Gasteiger partial charge in [-0.15, -0.1) is 0 Å². The molecular weight excluding hydrogens is 1050 g/mol. The predicted octanol–water partition coefficient (Wildman–Crippen LogP) is 5.60. The van der Waals surface area contributed by atoms with E-state index in [0.29, 0.717) is 172 Å². The van der Waals surface area contributed by atoms with E-state index >= 15 is 0 Å². The molecule has 0 aromatic carbocycles. The molecule has 78 heavy (non-hydrogen) atoms. The van der Waals surface area contributed by atoms with Gasteiger partial charge in [-0.05, 0) is 12.8 Å². The van der Waals surface area contributed by atoms with E-state index in [2.05, 4.69) is 13.8 Å². The van der Waals surface area contributed by atoms with Crippen molar-refractivity contribution in [3.05, 3.63) is 0 Å². The summed E-state index contributed by atoms with van der Waals surface area (Å²) in [4.78, 5) is 11.9. The molecule has 0 aliphatic heterocycles. The van der Waals surface area contributed by atoms with E-state index in [0.717, 1.165) is 26.1 Å². The van der Waals surface area contributed by atoms with Gasteiger partial charge in [0.1, 0.15) is 0 Å². The largest absolute Gasteiger partial charge is 1.00 e. The maximum atomic E-state index is 11.9. The molecule has 0 saturated heterocycles. The molecule has 0 amide bonds. The second kappa shape index (κ2) is 73.6. The van der Waals surface area contributed by atoms with Gasteiger partial charge in [0.2, 0.25) is 0 Å². The average molecular weight is 1160 g/mol. The van der Waals surface area contributed by atoms with Crippen LogP contribution < -0.4 is 34.5 Å². The summed E-state index contributed by atoms with van der Waals surface area (Å²) in [5.74, 6) is 0. The molecule has 464 valence electrons. The molecule has 0 bridgehead atoms. The molecule has 0 radical (unpaired) electrons. The van der Waals surface area contributed by atoms with Crippen molar-refractivity contribution in [3.63, 3.8) is 0 Å². The summed E-state index contributed by atoms with van der Waals surface area (Å²) >= 11 is 0. The van der Waals surface area contributed by atoms with Gasteiger partial charge in [0.05, 0.1) is 211 Å². The minimum Gasteiger partial charge on any atom is -0.756 e. The van der Waals surface area contributed by atoms with Crippen LogP contribution in [0.25, 0.3) is 0 Å². The second-order valence-corrected chi connectivity index (χ2v) is 19.7. The van der Waals surface area contributed by atoms with Crippen LogP contribution in [0.2, 0.25) is 0 Å². The van der Waals surface area contributed by atoms with Gasteiger partial charge in [-0.25, -0.2) is 0 Å². The van der Waals surface area contributed by atoms with Crippen molar-refractivity contribution in [1.29, 1.82) is 0 Å². The van der Waals surface area contributed by atoms with Crippen LogP contribution >= 0.6 is 7.82 Å². The first-order valence-corrected chi connectivity index (χ1v) is 31.4. The smallest absolute Gasteiger partial charge is 0.756 e. The molecule has 0 aromatic rings. The Labute approximate surface area is 496 Å². The molecule has 0 aliphatic carbocycles. The number of unbranched alkanes of at least 4 members (excludes halogenated alkanes) is 18. The second-order valence-electron chi connectivity index (χ2n) is 18.3. The number of ether oxygens (including phenoxy) is 16. The third-order valence-corrected chi connectivity index (χ3v) is 12.4. The molecule has 0 unspecified atom stereocenters. The van der Waals surface area contributed by atoms with Crippen LogP contribution in [0.5, 0.6) is 0 Å². The fraction of sp³-hybridized carbons (Fsp3) is 1.00. The Morgan fingerprint density at radius 2 is 0.333 bits per heavy atom. The molecule has 0 N–H and O–H groups in total.